The maximum Gasteiger partial charge on any atom is 0.308 e. The summed E-state index contributed by atoms with van der Waals surface area (Å²) in [5, 5.41) is 3.46. The van der Waals surface area contributed by atoms with Gasteiger partial charge in [-0.1, -0.05) is 37.3 Å². The van der Waals surface area contributed by atoms with Crippen molar-refractivity contribution < 1.29 is 9.53 Å². The standard InChI is InChI=1S/C18H27N3O2.HI/c1-14(15-7-5-4-6-8-15)13-20-18(19-2)21-11-9-16(10-12-21)17(22)23-3;/h4-8,14,16H,9-13H2,1-3H3,(H,19,20);1H. The van der Waals surface area contributed by atoms with Gasteiger partial charge in [0.2, 0.25) is 0 Å². The summed E-state index contributed by atoms with van der Waals surface area (Å²) in [6.45, 7) is 4.71. The van der Waals surface area contributed by atoms with Crippen LogP contribution in [0.2, 0.25) is 0 Å². The number of carbonyl (C=O) groups is 1. The van der Waals surface area contributed by atoms with Crippen molar-refractivity contribution in [2.45, 2.75) is 25.7 Å². The van der Waals surface area contributed by atoms with E-state index in [0.717, 1.165) is 38.4 Å². The number of nitrogens with one attached hydrogen (secondary N) is 1. The van der Waals surface area contributed by atoms with Crippen LogP contribution >= 0.6 is 24.0 Å². The van der Waals surface area contributed by atoms with Crippen LogP contribution in [-0.4, -0.2) is 50.6 Å². The highest BCUT2D eigenvalue weighted by atomic mass is 127. The van der Waals surface area contributed by atoms with E-state index in [1.54, 1.807) is 0 Å². The zero-order chi connectivity index (χ0) is 16.7. The second kappa shape index (κ2) is 10.5. The van der Waals surface area contributed by atoms with Crippen LogP contribution in [0.4, 0.5) is 0 Å². The van der Waals surface area contributed by atoms with Gasteiger partial charge in [-0.05, 0) is 24.3 Å². The molecule has 0 bridgehead atoms. The van der Waals surface area contributed by atoms with E-state index in [1.165, 1.54) is 12.7 Å². The number of nitrogens with zero attached hydrogens (tertiary/aromatic N) is 2. The van der Waals surface area contributed by atoms with Crippen molar-refractivity contribution in [2.75, 3.05) is 33.8 Å². The van der Waals surface area contributed by atoms with Gasteiger partial charge < -0.3 is 15.0 Å². The smallest absolute Gasteiger partial charge is 0.308 e. The molecule has 0 radical (unpaired) electrons. The summed E-state index contributed by atoms with van der Waals surface area (Å²) in [5.74, 6) is 1.26. The molecule has 1 aromatic carbocycles. The average Bonchev–Trinajstić information content (AvgIpc) is 2.62. The van der Waals surface area contributed by atoms with Gasteiger partial charge in [0.15, 0.2) is 5.96 Å². The Labute approximate surface area is 161 Å². The number of likely N-dealkylation sites (tertiary alicyclic amines) is 1. The average molecular weight is 445 g/mol. The summed E-state index contributed by atoms with van der Waals surface area (Å²) >= 11 is 0. The van der Waals surface area contributed by atoms with Crippen molar-refractivity contribution in [1.82, 2.24) is 10.2 Å². The number of aliphatic imine (C=N–C) groups is 1. The van der Waals surface area contributed by atoms with Gasteiger partial charge in [0, 0.05) is 26.7 Å². The summed E-state index contributed by atoms with van der Waals surface area (Å²) in [5.41, 5.74) is 1.32. The Kier molecular flexibility index (Phi) is 9.10. The molecule has 0 aliphatic carbocycles. The van der Waals surface area contributed by atoms with E-state index in [1.807, 2.05) is 13.1 Å². The molecule has 1 aliphatic heterocycles. The van der Waals surface area contributed by atoms with Crippen LogP contribution in [0.15, 0.2) is 35.3 Å². The maximum absolute atomic E-state index is 11.6. The summed E-state index contributed by atoms with van der Waals surface area (Å²) in [4.78, 5) is 18.2. The van der Waals surface area contributed by atoms with E-state index in [9.17, 15) is 4.79 Å². The second-order valence-electron chi connectivity index (χ2n) is 6.02. The SMILES string of the molecule is CN=C(NCC(C)c1ccccc1)N1CCC(C(=O)OC)CC1.I. The van der Waals surface area contributed by atoms with Crippen molar-refractivity contribution in [3.63, 3.8) is 0 Å². The lowest BCUT2D eigenvalue weighted by Gasteiger charge is -2.33. The molecule has 1 aliphatic rings. The molecule has 2 rings (SSSR count). The number of hydrogen-bond acceptors (Lipinski definition) is 3. The van der Waals surface area contributed by atoms with E-state index < -0.39 is 0 Å². The van der Waals surface area contributed by atoms with E-state index >= 15 is 0 Å². The van der Waals surface area contributed by atoms with E-state index in [0.29, 0.717) is 5.92 Å². The minimum absolute atomic E-state index is 0. The lowest BCUT2D eigenvalue weighted by atomic mass is 9.97. The third-order valence-corrected chi connectivity index (χ3v) is 4.48. The highest BCUT2D eigenvalue weighted by molar-refractivity contribution is 14.0. The van der Waals surface area contributed by atoms with Crippen LogP contribution in [0.1, 0.15) is 31.2 Å². The third-order valence-electron chi connectivity index (χ3n) is 4.48. The van der Waals surface area contributed by atoms with Crippen LogP contribution in [0.3, 0.4) is 0 Å². The molecule has 5 nitrogen and oxygen atoms in total. The summed E-state index contributed by atoms with van der Waals surface area (Å²) < 4.78 is 4.84. The van der Waals surface area contributed by atoms with Gasteiger partial charge in [-0.3, -0.25) is 9.79 Å². The number of rotatable bonds is 4. The molecular formula is C18H28IN3O2. The predicted molar refractivity (Wildman–Crippen MR) is 108 cm³/mol. The number of halogens is 1. The number of hydrogen-bond donors (Lipinski definition) is 1. The summed E-state index contributed by atoms with van der Waals surface area (Å²) in [6.07, 6.45) is 1.64. The summed E-state index contributed by atoms with van der Waals surface area (Å²) in [6, 6.07) is 10.5. The van der Waals surface area contributed by atoms with Gasteiger partial charge in [-0.15, -0.1) is 24.0 Å². The molecule has 0 saturated carbocycles. The maximum atomic E-state index is 11.6. The normalized spacial score (nSPS) is 17.0. The Bertz CT molecular complexity index is 528. The molecule has 1 heterocycles. The summed E-state index contributed by atoms with van der Waals surface area (Å²) in [7, 11) is 3.27. The first kappa shape index (κ1) is 20.7. The number of piperidine rings is 1. The van der Waals surface area contributed by atoms with E-state index in [4.69, 9.17) is 4.74 Å². The quantitative estimate of drug-likeness (QED) is 0.335. The first-order valence-electron chi connectivity index (χ1n) is 8.24. The van der Waals surface area contributed by atoms with Crippen molar-refractivity contribution in [3.8, 4) is 0 Å². The highest BCUT2D eigenvalue weighted by Crippen LogP contribution is 2.19. The molecule has 1 N–H and O–H groups in total. The first-order valence-corrected chi connectivity index (χ1v) is 8.24. The number of ether oxygens (including phenoxy) is 1. The molecule has 6 heteroatoms. The molecule has 1 fully saturated rings. The van der Waals surface area contributed by atoms with Crippen LogP contribution in [0.5, 0.6) is 0 Å². The minimum Gasteiger partial charge on any atom is -0.469 e. The fourth-order valence-electron chi connectivity index (χ4n) is 2.97. The molecule has 1 saturated heterocycles. The van der Waals surface area contributed by atoms with Crippen molar-refractivity contribution >= 4 is 35.9 Å². The van der Waals surface area contributed by atoms with Gasteiger partial charge >= 0.3 is 5.97 Å². The lowest BCUT2D eigenvalue weighted by molar-refractivity contribution is -0.146. The lowest BCUT2D eigenvalue weighted by Crippen LogP contribution is -2.47. The van der Waals surface area contributed by atoms with Gasteiger partial charge in [-0.25, -0.2) is 0 Å². The largest absolute Gasteiger partial charge is 0.469 e. The minimum atomic E-state index is -0.0923. The molecule has 0 spiro atoms. The van der Waals surface area contributed by atoms with Gasteiger partial charge in [0.25, 0.3) is 0 Å². The van der Waals surface area contributed by atoms with Crippen LogP contribution in [0.25, 0.3) is 0 Å². The number of carbonyl (C=O) groups excluding carboxylic acids is 1. The Morgan fingerprint density at radius 3 is 2.50 bits per heavy atom. The molecule has 1 unspecified atom stereocenters. The van der Waals surface area contributed by atoms with Crippen LogP contribution in [0, 0.1) is 5.92 Å². The molecule has 0 aromatic heterocycles. The zero-order valence-corrected chi connectivity index (χ0v) is 17.0. The van der Waals surface area contributed by atoms with Gasteiger partial charge in [0.1, 0.15) is 0 Å². The predicted octanol–water partition coefficient (Wildman–Crippen LogP) is 2.87. The molecule has 24 heavy (non-hydrogen) atoms. The molecule has 1 atom stereocenters. The number of esters is 1. The van der Waals surface area contributed by atoms with Crippen molar-refractivity contribution in [2.24, 2.45) is 10.9 Å². The molecule has 1 aromatic rings. The van der Waals surface area contributed by atoms with E-state index in [-0.39, 0.29) is 35.9 Å². The number of benzene rings is 1. The highest BCUT2D eigenvalue weighted by Gasteiger charge is 2.27. The third kappa shape index (κ3) is 5.65. The van der Waals surface area contributed by atoms with Gasteiger partial charge in [-0.2, -0.15) is 0 Å². The topological polar surface area (TPSA) is 53.9 Å². The van der Waals surface area contributed by atoms with Gasteiger partial charge in [0.05, 0.1) is 13.0 Å². The Morgan fingerprint density at radius 2 is 1.96 bits per heavy atom. The molecule has 0 amide bonds. The Morgan fingerprint density at radius 1 is 1.33 bits per heavy atom. The fourth-order valence-corrected chi connectivity index (χ4v) is 2.97. The van der Waals surface area contributed by atoms with Crippen molar-refractivity contribution in [3.05, 3.63) is 35.9 Å². The first-order chi connectivity index (χ1) is 11.2. The molecular weight excluding hydrogens is 417 g/mol. The fraction of sp³-hybridized carbons (Fsp3) is 0.556. The Hall–Kier alpha value is -1.31. The Balaban J connectivity index is 0.00000288. The van der Waals surface area contributed by atoms with Crippen LogP contribution in [-0.2, 0) is 9.53 Å². The molecule has 134 valence electrons. The number of methoxy groups -OCH3 is 1. The second-order valence-corrected chi connectivity index (χ2v) is 6.02. The van der Waals surface area contributed by atoms with Crippen LogP contribution < -0.4 is 5.32 Å². The monoisotopic (exact) mass is 445 g/mol. The van der Waals surface area contributed by atoms with E-state index in [2.05, 4.69) is 46.4 Å². The van der Waals surface area contributed by atoms with Crippen molar-refractivity contribution in [1.29, 1.82) is 0 Å². The number of guanidine groups is 1. The zero-order valence-electron chi connectivity index (χ0n) is 14.7.